The molecule has 1 heterocycles. The van der Waals surface area contributed by atoms with Crippen LogP contribution >= 0.6 is 15.9 Å². The van der Waals surface area contributed by atoms with Crippen molar-refractivity contribution in [1.82, 2.24) is 4.98 Å². The van der Waals surface area contributed by atoms with Crippen molar-refractivity contribution in [3.8, 4) is 6.07 Å². The third kappa shape index (κ3) is 2.97. The molecule has 17 heavy (non-hydrogen) atoms. The van der Waals surface area contributed by atoms with Gasteiger partial charge in [-0.05, 0) is 15.9 Å². The summed E-state index contributed by atoms with van der Waals surface area (Å²) in [5.41, 5.74) is -0.486. The van der Waals surface area contributed by atoms with E-state index in [0.29, 0.717) is 0 Å². The van der Waals surface area contributed by atoms with Crippen molar-refractivity contribution in [1.29, 1.82) is 5.26 Å². The molecular formula is C10H7BrF2N2O2. The molecule has 4 nitrogen and oxygen atoms in total. The predicted octanol–water partition coefficient (Wildman–Crippen LogP) is 2.37. The zero-order valence-electron chi connectivity index (χ0n) is 8.71. The molecule has 7 heteroatoms. The SMILES string of the molecule is COC(=O)Cc1ncc(C(F)F)c(C#N)c1Br. The van der Waals surface area contributed by atoms with E-state index in [1.807, 2.05) is 0 Å². The van der Waals surface area contributed by atoms with Crippen LogP contribution in [0.2, 0.25) is 0 Å². The highest BCUT2D eigenvalue weighted by Gasteiger charge is 2.20. The summed E-state index contributed by atoms with van der Waals surface area (Å²) >= 11 is 2.99. The molecule has 90 valence electrons. The van der Waals surface area contributed by atoms with Crippen LogP contribution in [0, 0.1) is 11.3 Å². The van der Waals surface area contributed by atoms with Gasteiger partial charge in [0.2, 0.25) is 0 Å². The third-order valence-electron chi connectivity index (χ3n) is 2.01. The maximum absolute atomic E-state index is 12.6. The maximum Gasteiger partial charge on any atom is 0.311 e. The Balaban J connectivity index is 3.21. The number of carbonyl (C=O) groups is 1. The summed E-state index contributed by atoms with van der Waals surface area (Å²) in [6, 6.07) is 1.66. The van der Waals surface area contributed by atoms with Crippen molar-refractivity contribution in [3.05, 3.63) is 27.5 Å². The summed E-state index contributed by atoms with van der Waals surface area (Å²) < 4.78 is 29.6. The molecule has 0 spiro atoms. The molecule has 1 aromatic heterocycles. The summed E-state index contributed by atoms with van der Waals surface area (Å²) in [7, 11) is 1.20. The van der Waals surface area contributed by atoms with Crippen LogP contribution in [-0.2, 0) is 16.0 Å². The smallest absolute Gasteiger partial charge is 0.311 e. The fourth-order valence-corrected chi connectivity index (χ4v) is 1.71. The average molecular weight is 305 g/mol. The number of esters is 1. The minimum Gasteiger partial charge on any atom is -0.469 e. The topological polar surface area (TPSA) is 63.0 Å². The molecule has 0 aromatic carbocycles. The lowest BCUT2D eigenvalue weighted by molar-refractivity contribution is -0.139. The summed E-state index contributed by atoms with van der Waals surface area (Å²) in [6.07, 6.45) is -2.08. The molecule has 0 aliphatic carbocycles. The Morgan fingerprint density at radius 3 is 2.82 bits per heavy atom. The van der Waals surface area contributed by atoms with Gasteiger partial charge in [-0.15, -0.1) is 0 Å². The highest BCUT2D eigenvalue weighted by molar-refractivity contribution is 9.10. The van der Waals surface area contributed by atoms with Gasteiger partial charge in [-0.3, -0.25) is 9.78 Å². The summed E-state index contributed by atoms with van der Waals surface area (Å²) in [6.45, 7) is 0. The van der Waals surface area contributed by atoms with Crippen molar-refractivity contribution in [2.45, 2.75) is 12.8 Å². The third-order valence-corrected chi connectivity index (χ3v) is 2.86. The first-order valence-electron chi connectivity index (χ1n) is 4.43. The molecule has 0 aliphatic heterocycles. The van der Waals surface area contributed by atoms with E-state index in [4.69, 9.17) is 5.26 Å². The monoisotopic (exact) mass is 304 g/mol. The van der Waals surface area contributed by atoms with Gasteiger partial charge in [0.1, 0.15) is 6.07 Å². The summed E-state index contributed by atoms with van der Waals surface area (Å²) in [4.78, 5) is 14.8. The molecular weight excluding hydrogens is 298 g/mol. The minimum atomic E-state index is -2.79. The lowest BCUT2D eigenvalue weighted by Crippen LogP contribution is -2.08. The van der Waals surface area contributed by atoms with Gasteiger partial charge in [0.25, 0.3) is 6.43 Å². The molecule has 0 amide bonds. The van der Waals surface area contributed by atoms with Crippen molar-refractivity contribution in [2.24, 2.45) is 0 Å². The van der Waals surface area contributed by atoms with Crippen LogP contribution in [0.15, 0.2) is 10.7 Å². The number of pyridine rings is 1. The van der Waals surface area contributed by atoms with Crippen molar-refractivity contribution >= 4 is 21.9 Å². The van der Waals surface area contributed by atoms with Crippen molar-refractivity contribution in [2.75, 3.05) is 7.11 Å². The highest BCUT2D eigenvalue weighted by atomic mass is 79.9. The van der Waals surface area contributed by atoms with Crippen LogP contribution in [0.3, 0.4) is 0 Å². The molecule has 0 bridgehead atoms. The van der Waals surface area contributed by atoms with E-state index < -0.39 is 18.0 Å². The molecule has 0 radical (unpaired) electrons. The first kappa shape index (κ1) is 13.5. The molecule has 0 saturated heterocycles. The number of rotatable bonds is 3. The largest absolute Gasteiger partial charge is 0.469 e. The number of aromatic nitrogens is 1. The Morgan fingerprint density at radius 1 is 1.71 bits per heavy atom. The second kappa shape index (κ2) is 5.68. The van der Waals surface area contributed by atoms with Gasteiger partial charge in [0.05, 0.1) is 34.8 Å². The van der Waals surface area contributed by atoms with Gasteiger partial charge in [-0.25, -0.2) is 8.78 Å². The van der Waals surface area contributed by atoms with Crippen molar-refractivity contribution in [3.63, 3.8) is 0 Å². The Morgan fingerprint density at radius 2 is 2.35 bits per heavy atom. The van der Waals surface area contributed by atoms with E-state index in [2.05, 4.69) is 25.7 Å². The van der Waals surface area contributed by atoms with Gasteiger partial charge >= 0.3 is 5.97 Å². The van der Waals surface area contributed by atoms with Crippen LogP contribution in [0.5, 0.6) is 0 Å². The number of nitriles is 1. The molecule has 0 saturated carbocycles. The fourth-order valence-electron chi connectivity index (χ4n) is 1.15. The average Bonchev–Trinajstić information content (AvgIpc) is 2.30. The second-order valence-electron chi connectivity index (χ2n) is 3.01. The second-order valence-corrected chi connectivity index (χ2v) is 3.81. The minimum absolute atomic E-state index is 0.100. The lowest BCUT2D eigenvalue weighted by Gasteiger charge is -2.08. The van der Waals surface area contributed by atoms with Gasteiger partial charge < -0.3 is 4.74 Å². The Bertz CT molecular complexity index is 486. The number of nitrogens with zero attached hydrogens (tertiary/aromatic N) is 2. The molecule has 0 fully saturated rings. The van der Waals surface area contributed by atoms with Crippen LogP contribution in [-0.4, -0.2) is 18.1 Å². The van der Waals surface area contributed by atoms with Crippen molar-refractivity contribution < 1.29 is 18.3 Å². The highest BCUT2D eigenvalue weighted by Crippen LogP contribution is 2.29. The fraction of sp³-hybridized carbons (Fsp3) is 0.300. The Hall–Kier alpha value is -1.55. The van der Waals surface area contributed by atoms with E-state index in [1.165, 1.54) is 7.11 Å². The predicted molar refractivity (Wildman–Crippen MR) is 57.3 cm³/mol. The molecule has 1 aromatic rings. The Kier molecular flexibility index (Phi) is 4.52. The molecule has 0 N–H and O–H groups in total. The van der Waals surface area contributed by atoms with Gasteiger partial charge in [-0.2, -0.15) is 5.26 Å². The molecule has 1 rings (SSSR count). The van der Waals surface area contributed by atoms with E-state index in [-0.39, 0.29) is 22.2 Å². The van der Waals surface area contributed by atoms with Crippen LogP contribution < -0.4 is 0 Å². The van der Waals surface area contributed by atoms with E-state index >= 15 is 0 Å². The number of ether oxygens (including phenoxy) is 1. The number of alkyl halides is 2. The van der Waals surface area contributed by atoms with Gasteiger partial charge in [-0.1, -0.05) is 0 Å². The standard InChI is InChI=1S/C10H7BrF2N2O2/c1-17-8(16)2-7-9(11)5(3-14)6(4-15-7)10(12)13/h4,10H,2H2,1H3. The Labute approximate surface area is 104 Å². The molecule has 0 unspecified atom stereocenters. The number of methoxy groups -OCH3 is 1. The quantitative estimate of drug-likeness (QED) is 0.804. The normalized spacial score (nSPS) is 10.1. The first-order chi connectivity index (χ1) is 8.01. The zero-order valence-corrected chi connectivity index (χ0v) is 10.3. The zero-order chi connectivity index (χ0) is 13.0. The van der Waals surface area contributed by atoms with E-state index in [9.17, 15) is 13.6 Å². The molecule has 0 atom stereocenters. The number of hydrogen-bond acceptors (Lipinski definition) is 4. The van der Waals surface area contributed by atoms with Gasteiger partial charge in [0, 0.05) is 6.20 Å². The summed E-state index contributed by atoms with van der Waals surface area (Å²) in [5, 5.41) is 8.81. The van der Waals surface area contributed by atoms with E-state index in [1.54, 1.807) is 6.07 Å². The van der Waals surface area contributed by atoms with E-state index in [0.717, 1.165) is 6.20 Å². The molecule has 0 aliphatic rings. The number of halogens is 3. The number of hydrogen-bond donors (Lipinski definition) is 0. The van der Waals surface area contributed by atoms with Crippen LogP contribution in [0.25, 0.3) is 0 Å². The summed E-state index contributed by atoms with van der Waals surface area (Å²) in [5.74, 6) is -0.563. The van der Waals surface area contributed by atoms with Crippen LogP contribution in [0.1, 0.15) is 23.2 Å². The number of carbonyl (C=O) groups excluding carboxylic acids is 1. The maximum atomic E-state index is 12.6. The van der Waals surface area contributed by atoms with Crippen LogP contribution in [0.4, 0.5) is 8.78 Å². The first-order valence-corrected chi connectivity index (χ1v) is 5.22. The lowest BCUT2D eigenvalue weighted by atomic mass is 10.1. The van der Waals surface area contributed by atoms with Gasteiger partial charge in [0.15, 0.2) is 0 Å².